The molecule has 2 N–H and O–H groups in total. The van der Waals surface area contributed by atoms with E-state index in [-0.39, 0.29) is 17.7 Å². The Hall–Kier alpha value is -2.11. The maximum atomic E-state index is 12.7. The van der Waals surface area contributed by atoms with Gasteiger partial charge in [0.2, 0.25) is 5.91 Å². The van der Waals surface area contributed by atoms with Crippen molar-refractivity contribution in [3.05, 3.63) is 23.9 Å². The van der Waals surface area contributed by atoms with Crippen LogP contribution < -0.4 is 10.6 Å². The van der Waals surface area contributed by atoms with E-state index in [4.69, 9.17) is 5.73 Å². The fraction of sp³-hybridized carbons (Fsp3) is 0.588. The molecule has 0 atom stereocenters. The molecule has 0 radical (unpaired) electrons. The summed E-state index contributed by atoms with van der Waals surface area (Å²) in [5.74, 6) is 0.560. The zero-order chi connectivity index (χ0) is 16.2. The molecule has 124 valence electrons. The van der Waals surface area contributed by atoms with Crippen molar-refractivity contribution in [2.75, 3.05) is 31.1 Å². The quantitative estimate of drug-likeness (QED) is 0.914. The molecule has 0 aromatic carbocycles. The zero-order valence-electron chi connectivity index (χ0n) is 13.4. The van der Waals surface area contributed by atoms with E-state index in [1.165, 1.54) is 19.3 Å². The number of nitrogens with two attached hydrogens (primary N) is 1. The Morgan fingerprint density at radius 2 is 1.78 bits per heavy atom. The van der Waals surface area contributed by atoms with E-state index in [0.717, 1.165) is 18.9 Å². The van der Waals surface area contributed by atoms with Crippen LogP contribution >= 0.6 is 0 Å². The molecule has 0 aliphatic carbocycles. The van der Waals surface area contributed by atoms with Crippen molar-refractivity contribution in [2.24, 2.45) is 11.7 Å². The fourth-order valence-corrected chi connectivity index (χ4v) is 3.40. The molecule has 2 aliphatic heterocycles. The first-order chi connectivity index (χ1) is 11.1. The number of amides is 2. The average Bonchev–Trinajstić information content (AvgIpc) is 2.62. The second-order valence-corrected chi connectivity index (χ2v) is 6.42. The van der Waals surface area contributed by atoms with Crippen LogP contribution in [0.4, 0.5) is 5.82 Å². The van der Waals surface area contributed by atoms with Crippen LogP contribution in [0.1, 0.15) is 42.5 Å². The van der Waals surface area contributed by atoms with E-state index in [0.29, 0.717) is 31.5 Å². The summed E-state index contributed by atoms with van der Waals surface area (Å²) in [4.78, 5) is 32.4. The van der Waals surface area contributed by atoms with Crippen molar-refractivity contribution < 1.29 is 9.59 Å². The Balaban J connectivity index is 1.67. The average molecular weight is 316 g/mol. The summed E-state index contributed by atoms with van der Waals surface area (Å²) in [6.07, 6.45) is 6.66. The first kappa shape index (κ1) is 15.8. The third kappa shape index (κ3) is 3.63. The Morgan fingerprint density at radius 3 is 2.43 bits per heavy atom. The molecule has 2 fully saturated rings. The standard InChI is InChI=1S/C17H24N4O2/c18-16(22)13-5-10-21(11-6-13)17(23)14-4-7-19-15(12-14)20-8-2-1-3-9-20/h4,7,12-13H,1-3,5-6,8-11H2,(H2,18,22). The molecule has 0 unspecified atom stereocenters. The molecule has 0 saturated carbocycles. The summed E-state index contributed by atoms with van der Waals surface area (Å²) < 4.78 is 0. The topological polar surface area (TPSA) is 79.5 Å². The molecule has 1 aromatic heterocycles. The lowest BCUT2D eigenvalue weighted by molar-refractivity contribution is -0.123. The van der Waals surface area contributed by atoms with Gasteiger partial charge in [-0.05, 0) is 44.2 Å². The summed E-state index contributed by atoms with van der Waals surface area (Å²) in [6.45, 7) is 3.20. The van der Waals surface area contributed by atoms with Gasteiger partial charge in [-0.2, -0.15) is 0 Å². The number of carbonyl (C=O) groups is 2. The number of hydrogen-bond donors (Lipinski definition) is 1. The molecule has 0 bridgehead atoms. The van der Waals surface area contributed by atoms with Crippen molar-refractivity contribution in [1.82, 2.24) is 9.88 Å². The molecule has 2 amide bonds. The van der Waals surface area contributed by atoms with Gasteiger partial charge in [0.05, 0.1) is 0 Å². The van der Waals surface area contributed by atoms with Gasteiger partial charge in [0.25, 0.3) is 5.91 Å². The largest absolute Gasteiger partial charge is 0.369 e. The van der Waals surface area contributed by atoms with Crippen LogP contribution in [0.5, 0.6) is 0 Å². The molecule has 23 heavy (non-hydrogen) atoms. The number of hydrogen-bond acceptors (Lipinski definition) is 4. The monoisotopic (exact) mass is 316 g/mol. The van der Waals surface area contributed by atoms with Crippen LogP contribution in [0.25, 0.3) is 0 Å². The number of likely N-dealkylation sites (tertiary alicyclic amines) is 1. The smallest absolute Gasteiger partial charge is 0.254 e. The summed E-state index contributed by atoms with van der Waals surface area (Å²) in [5.41, 5.74) is 6.02. The van der Waals surface area contributed by atoms with Crippen molar-refractivity contribution in [3.63, 3.8) is 0 Å². The molecule has 2 saturated heterocycles. The van der Waals surface area contributed by atoms with Gasteiger partial charge in [0.15, 0.2) is 0 Å². The summed E-state index contributed by atoms with van der Waals surface area (Å²) in [5, 5.41) is 0. The maximum absolute atomic E-state index is 12.7. The SMILES string of the molecule is NC(=O)C1CCN(C(=O)c2ccnc(N3CCCCC3)c2)CC1. The normalized spacial score (nSPS) is 19.7. The lowest BCUT2D eigenvalue weighted by Crippen LogP contribution is -2.41. The molecular formula is C17H24N4O2. The van der Waals surface area contributed by atoms with Crippen molar-refractivity contribution in [2.45, 2.75) is 32.1 Å². The van der Waals surface area contributed by atoms with Crippen molar-refractivity contribution in [3.8, 4) is 0 Å². The van der Waals surface area contributed by atoms with E-state index in [2.05, 4.69) is 9.88 Å². The number of primary amides is 1. The second kappa shape index (κ2) is 6.98. The lowest BCUT2D eigenvalue weighted by atomic mass is 9.96. The van der Waals surface area contributed by atoms with Crippen molar-refractivity contribution >= 4 is 17.6 Å². The highest BCUT2D eigenvalue weighted by Crippen LogP contribution is 2.22. The van der Waals surface area contributed by atoms with Crippen LogP contribution in [0.15, 0.2) is 18.3 Å². The first-order valence-electron chi connectivity index (χ1n) is 8.45. The van der Waals surface area contributed by atoms with Gasteiger partial charge in [-0.25, -0.2) is 4.98 Å². The molecule has 2 aliphatic rings. The summed E-state index contributed by atoms with van der Waals surface area (Å²) in [6, 6.07) is 3.67. The fourth-order valence-electron chi connectivity index (χ4n) is 3.40. The lowest BCUT2D eigenvalue weighted by Gasteiger charge is -2.31. The predicted octanol–water partition coefficient (Wildman–Crippen LogP) is 1.41. The van der Waals surface area contributed by atoms with E-state index in [9.17, 15) is 9.59 Å². The summed E-state index contributed by atoms with van der Waals surface area (Å²) >= 11 is 0. The van der Waals surface area contributed by atoms with Gasteiger partial charge in [0, 0.05) is 43.9 Å². The number of aromatic nitrogens is 1. The highest BCUT2D eigenvalue weighted by atomic mass is 16.2. The van der Waals surface area contributed by atoms with Crippen LogP contribution in [0.2, 0.25) is 0 Å². The molecule has 6 nitrogen and oxygen atoms in total. The molecule has 0 spiro atoms. The Morgan fingerprint density at radius 1 is 1.09 bits per heavy atom. The summed E-state index contributed by atoms with van der Waals surface area (Å²) in [7, 11) is 0. The van der Waals surface area contributed by atoms with Crippen LogP contribution in [0.3, 0.4) is 0 Å². The van der Waals surface area contributed by atoms with E-state index >= 15 is 0 Å². The minimum atomic E-state index is -0.256. The van der Waals surface area contributed by atoms with E-state index < -0.39 is 0 Å². The van der Waals surface area contributed by atoms with Gasteiger partial charge in [-0.1, -0.05) is 0 Å². The number of piperidine rings is 2. The highest BCUT2D eigenvalue weighted by molar-refractivity contribution is 5.95. The highest BCUT2D eigenvalue weighted by Gasteiger charge is 2.26. The number of nitrogens with zero attached hydrogens (tertiary/aromatic N) is 3. The van der Waals surface area contributed by atoms with Crippen LogP contribution in [0, 0.1) is 5.92 Å². The Bertz CT molecular complexity index is 576. The van der Waals surface area contributed by atoms with Crippen LogP contribution in [-0.4, -0.2) is 47.9 Å². The number of carbonyl (C=O) groups excluding carboxylic acids is 2. The maximum Gasteiger partial charge on any atom is 0.254 e. The molecule has 3 rings (SSSR count). The molecule has 1 aromatic rings. The van der Waals surface area contributed by atoms with Crippen molar-refractivity contribution in [1.29, 1.82) is 0 Å². The Labute approximate surface area is 136 Å². The Kier molecular flexibility index (Phi) is 4.79. The molecular weight excluding hydrogens is 292 g/mol. The minimum absolute atomic E-state index is 0.0218. The molecule has 6 heteroatoms. The van der Waals surface area contributed by atoms with Gasteiger partial charge in [0.1, 0.15) is 5.82 Å². The van der Waals surface area contributed by atoms with Gasteiger partial charge >= 0.3 is 0 Å². The van der Waals surface area contributed by atoms with E-state index in [1.54, 1.807) is 12.3 Å². The zero-order valence-corrected chi connectivity index (χ0v) is 13.4. The van der Waals surface area contributed by atoms with Gasteiger partial charge < -0.3 is 15.5 Å². The number of pyridine rings is 1. The van der Waals surface area contributed by atoms with E-state index in [1.807, 2.05) is 11.0 Å². The number of rotatable bonds is 3. The third-order valence-corrected chi connectivity index (χ3v) is 4.86. The van der Waals surface area contributed by atoms with Gasteiger partial charge in [-0.3, -0.25) is 9.59 Å². The molecule has 3 heterocycles. The van der Waals surface area contributed by atoms with Crippen LogP contribution in [-0.2, 0) is 4.79 Å². The van der Waals surface area contributed by atoms with Gasteiger partial charge in [-0.15, -0.1) is 0 Å². The second-order valence-electron chi connectivity index (χ2n) is 6.42. The number of anilines is 1. The third-order valence-electron chi connectivity index (χ3n) is 4.86. The first-order valence-corrected chi connectivity index (χ1v) is 8.45. The minimum Gasteiger partial charge on any atom is -0.369 e. The predicted molar refractivity (Wildman–Crippen MR) is 88.1 cm³/mol.